The lowest BCUT2D eigenvalue weighted by molar-refractivity contribution is 0.103. The molecule has 0 fully saturated rings. The van der Waals surface area contributed by atoms with Crippen LogP contribution in [0.1, 0.15) is 18.1 Å². The molecular weight excluding hydrogens is 240 g/mol. The monoisotopic (exact) mass is 254 g/mol. The SMILES string of the molecule is CC(CO)(CO)NCc1ccc(C#N)cc1Cl. The van der Waals surface area contributed by atoms with Gasteiger partial charge in [-0.15, -0.1) is 0 Å². The molecule has 4 nitrogen and oxygen atoms in total. The van der Waals surface area contributed by atoms with E-state index in [0.717, 1.165) is 5.56 Å². The van der Waals surface area contributed by atoms with Gasteiger partial charge in [0.25, 0.3) is 0 Å². The van der Waals surface area contributed by atoms with E-state index < -0.39 is 5.54 Å². The zero-order valence-corrected chi connectivity index (χ0v) is 10.3. The Hall–Kier alpha value is -1.12. The lowest BCUT2D eigenvalue weighted by Crippen LogP contribution is -2.48. The number of nitrogens with one attached hydrogen (secondary N) is 1. The van der Waals surface area contributed by atoms with E-state index in [9.17, 15) is 0 Å². The van der Waals surface area contributed by atoms with E-state index in [4.69, 9.17) is 27.1 Å². The molecule has 0 spiro atoms. The summed E-state index contributed by atoms with van der Waals surface area (Å²) in [6.45, 7) is 1.79. The number of halogens is 1. The van der Waals surface area contributed by atoms with E-state index in [0.29, 0.717) is 17.1 Å². The van der Waals surface area contributed by atoms with Gasteiger partial charge in [0.05, 0.1) is 30.4 Å². The van der Waals surface area contributed by atoms with Crippen molar-refractivity contribution in [3.63, 3.8) is 0 Å². The van der Waals surface area contributed by atoms with E-state index in [2.05, 4.69) is 5.32 Å². The van der Waals surface area contributed by atoms with Crippen LogP contribution < -0.4 is 5.32 Å². The van der Waals surface area contributed by atoms with Crippen molar-refractivity contribution < 1.29 is 10.2 Å². The molecule has 0 radical (unpaired) electrons. The van der Waals surface area contributed by atoms with Crippen molar-refractivity contribution in [2.75, 3.05) is 13.2 Å². The minimum absolute atomic E-state index is 0.169. The Morgan fingerprint density at radius 1 is 1.41 bits per heavy atom. The van der Waals surface area contributed by atoms with Gasteiger partial charge in [-0.1, -0.05) is 17.7 Å². The fraction of sp³-hybridized carbons (Fsp3) is 0.417. The van der Waals surface area contributed by atoms with Crippen molar-refractivity contribution >= 4 is 11.6 Å². The number of nitriles is 1. The molecule has 0 aliphatic carbocycles. The van der Waals surface area contributed by atoms with Crippen molar-refractivity contribution in [1.82, 2.24) is 5.32 Å². The third-order valence-corrected chi connectivity index (χ3v) is 2.94. The topological polar surface area (TPSA) is 76.3 Å². The average Bonchev–Trinajstić information content (AvgIpc) is 2.36. The molecule has 3 N–H and O–H groups in total. The summed E-state index contributed by atoms with van der Waals surface area (Å²) < 4.78 is 0. The highest BCUT2D eigenvalue weighted by atomic mass is 35.5. The second kappa shape index (κ2) is 5.99. The van der Waals surface area contributed by atoms with Crippen molar-refractivity contribution in [2.24, 2.45) is 0 Å². The summed E-state index contributed by atoms with van der Waals surface area (Å²) in [6.07, 6.45) is 0. The summed E-state index contributed by atoms with van der Waals surface area (Å²) in [7, 11) is 0. The Morgan fingerprint density at radius 3 is 2.53 bits per heavy atom. The van der Waals surface area contributed by atoms with E-state index >= 15 is 0 Å². The summed E-state index contributed by atoms with van der Waals surface area (Å²) in [5, 5.41) is 30.4. The van der Waals surface area contributed by atoms with Crippen LogP contribution in [0.3, 0.4) is 0 Å². The second-order valence-corrected chi connectivity index (χ2v) is 4.56. The first-order chi connectivity index (χ1) is 8.04. The molecule has 0 atom stereocenters. The van der Waals surface area contributed by atoms with Gasteiger partial charge in [-0.2, -0.15) is 5.26 Å². The van der Waals surface area contributed by atoms with Gasteiger partial charge in [0.2, 0.25) is 0 Å². The number of hydrogen-bond acceptors (Lipinski definition) is 4. The third-order valence-electron chi connectivity index (χ3n) is 2.59. The first kappa shape index (κ1) is 13.9. The zero-order chi connectivity index (χ0) is 12.9. The summed E-state index contributed by atoms with van der Waals surface area (Å²) in [5.74, 6) is 0. The highest BCUT2D eigenvalue weighted by Crippen LogP contribution is 2.18. The third kappa shape index (κ3) is 3.69. The fourth-order valence-corrected chi connectivity index (χ4v) is 1.48. The maximum atomic E-state index is 9.12. The van der Waals surface area contributed by atoms with Gasteiger partial charge < -0.3 is 15.5 Å². The zero-order valence-electron chi connectivity index (χ0n) is 9.57. The van der Waals surface area contributed by atoms with Crippen molar-refractivity contribution in [2.45, 2.75) is 19.0 Å². The molecule has 0 saturated carbocycles. The molecular formula is C12H15ClN2O2. The number of hydrogen-bond donors (Lipinski definition) is 3. The first-order valence-electron chi connectivity index (χ1n) is 5.20. The predicted octanol–water partition coefficient (Wildman–Crippen LogP) is 1.04. The number of aliphatic hydroxyl groups excluding tert-OH is 2. The molecule has 0 amide bonds. The second-order valence-electron chi connectivity index (χ2n) is 4.15. The molecule has 17 heavy (non-hydrogen) atoms. The lowest BCUT2D eigenvalue weighted by atomic mass is 10.0. The summed E-state index contributed by atoms with van der Waals surface area (Å²) in [6, 6.07) is 7.03. The van der Waals surface area contributed by atoms with Gasteiger partial charge in [0, 0.05) is 11.6 Å². The van der Waals surface area contributed by atoms with E-state index in [1.54, 1.807) is 25.1 Å². The van der Waals surface area contributed by atoms with Crippen molar-refractivity contribution in [3.8, 4) is 6.07 Å². The van der Waals surface area contributed by atoms with E-state index in [1.165, 1.54) is 0 Å². The van der Waals surface area contributed by atoms with Crippen LogP contribution in [0.25, 0.3) is 0 Å². The van der Waals surface area contributed by atoms with Gasteiger partial charge in [-0.05, 0) is 24.6 Å². The van der Waals surface area contributed by atoms with Crippen LogP contribution in [0.15, 0.2) is 18.2 Å². The van der Waals surface area contributed by atoms with Gasteiger partial charge in [0.1, 0.15) is 0 Å². The minimum atomic E-state index is -0.739. The Balaban J connectivity index is 2.74. The molecule has 1 aromatic rings. The van der Waals surface area contributed by atoms with E-state index in [-0.39, 0.29) is 13.2 Å². The summed E-state index contributed by atoms with van der Waals surface area (Å²) in [4.78, 5) is 0. The molecule has 0 aromatic heterocycles. The molecule has 0 heterocycles. The highest BCUT2D eigenvalue weighted by Gasteiger charge is 2.21. The average molecular weight is 255 g/mol. The predicted molar refractivity (Wildman–Crippen MR) is 65.6 cm³/mol. The minimum Gasteiger partial charge on any atom is -0.394 e. The maximum Gasteiger partial charge on any atom is 0.0992 e. The summed E-state index contributed by atoms with van der Waals surface area (Å²) in [5.41, 5.74) is 0.585. The molecule has 0 saturated heterocycles. The number of benzene rings is 1. The largest absolute Gasteiger partial charge is 0.394 e. The summed E-state index contributed by atoms with van der Waals surface area (Å²) >= 11 is 6.01. The van der Waals surface area contributed by atoms with Crippen LogP contribution >= 0.6 is 11.6 Å². The van der Waals surface area contributed by atoms with Crippen molar-refractivity contribution in [3.05, 3.63) is 34.3 Å². The van der Waals surface area contributed by atoms with Gasteiger partial charge in [-0.3, -0.25) is 0 Å². The van der Waals surface area contributed by atoms with E-state index in [1.807, 2.05) is 6.07 Å². The Labute approximate surface area is 105 Å². The van der Waals surface area contributed by atoms with Crippen LogP contribution in [0.5, 0.6) is 0 Å². The smallest absolute Gasteiger partial charge is 0.0992 e. The molecule has 5 heteroatoms. The van der Waals surface area contributed by atoms with Crippen LogP contribution in [0.2, 0.25) is 5.02 Å². The number of rotatable bonds is 5. The maximum absolute atomic E-state index is 9.12. The molecule has 92 valence electrons. The Bertz CT molecular complexity index is 425. The molecule has 0 aliphatic rings. The first-order valence-corrected chi connectivity index (χ1v) is 5.58. The van der Waals surface area contributed by atoms with Gasteiger partial charge in [0.15, 0.2) is 0 Å². The molecule has 0 bridgehead atoms. The van der Waals surface area contributed by atoms with Crippen LogP contribution in [-0.2, 0) is 6.54 Å². The lowest BCUT2D eigenvalue weighted by Gasteiger charge is -2.26. The Kier molecular flexibility index (Phi) is 4.91. The highest BCUT2D eigenvalue weighted by molar-refractivity contribution is 6.31. The Morgan fingerprint density at radius 2 is 2.06 bits per heavy atom. The normalized spacial score (nSPS) is 11.2. The molecule has 0 unspecified atom stereocenters. The van der Waals surface area contributed by atoms with Crippen LogP contribution in [0.4, 0.5) is 0 Å². The van der Waals surface area contributed by atoms with Crippen LogP contribution in [-0.4, -0.2) is 29.0 Å². The standard InChI is InChI=1S/C12H15ClN2O2/c1-12(7-16,8-17)15-6-10-3-2-9(5-14)4-11(10)13/h2-4,15-17H,6-8H2,1H3. The number of aliphatic hydroxyl groups is 2. The number of nitrogens with zero attached hydrogens (tertiary/aromatic N) is 1. The quantitative estimate of drug-likeness (QED) is 0.734. The van der Waals surface area contributed by atoms with Crippen LogP contribution in [0, 0.1) is 11.3 Å². The molecule has 0 aliphatic heterocycles. The van der Waals surface area contributed by atoms with Gasteiger partial charge >= 0.3 is 0 Å². The van der Waals surface area contributed by atoms with Gasteiger partial charge in [-0.25, -0.2) is 0 Å². The molecule has 1 aromatic carbocycles. The fourth-order valence-electron chi connectivity index (χ4n) is 1.23. The van der Waals surface area contributed by atoms with Crippen molar-refractivity contribution in [1.29, 1.82) is 5.26 Å². The molecule has 1 rings (SSSR count).